The molecule has 4 rings (SSSR count). The van der Waals surface area contributed by atoms with Gasteiger partial charge in [0, 0.05) is 58.5 Å². The van der Waals surface area contributed by atoms with Crippen LogP contribution in [-0.2, 0) is 22.7 Å². The second-order valence-electron chi connectivity index (χ2n) is 10.8. The fraction of sp³-hybridized carbons (Fsp3) is 0.294. The Hall–Kier alpha value is -4.47. The molecule has 2 atom stereocenters. The third-order valence-corrected chi connectivity index (χ3v) is 8.17. The Morgan fingerprint density at radius 3 is 1.65 bits per heavy atom. The van der Waals surface area contributed by atoms with Crippen LogP contribution in [0.25, 0.3) is 33.6 Å². The van der Waals surface area contributed by atoms with Gasteiger partial charge >= 0.3 is 11.9 Å². The molecule has 0 unspecified atom stereocenters. The summed E-state index contributed by atoms with van der Waals surface area (Å²) in [7, 11) is 2.93. The van der Waals surface area contributed by atoms with Crippen molar-refractivity contribution in [2.24, 2.45) is 0 Å². The van der Waals surface area contributed by atoms with Crippen molar-refractivity contribution in [3.63, 3.8) is 0 Å². The van der Waals surface area contributed by atoms with Crippen molar-refractivity contribution in [1.82, 2.24) is 20.6 Å². The van der Waals surface area contributed by atoms with Crippen molar-refractivity contribution in [2.75, 3.05) is 27.3 Å². The Kier molecular flexibility index (Phi) is 12.9. The standard InChI is InChI=1S/C34H36BrFN4O8/c1-47-33-19(15-37-17-21(41)13-29(43)44)9-11-27(39-33)25-7-3-5-23(31(25)35)24-6-4-8-26(32(24)36)28-12-10-20(34(40-28)48-2)16-38-18-22(42)14-30(45)46/h3-12,21-22,37-38,41-42H,13-18H2,1-2H3,(H,43,44)(H,45,46)/t21-,22-/m0/s1. The van der Waals surface area contributed by atoms with Crippen LogP contribution in [0.4, 0.5) is 4.39 Å². The lowest BCUT2D eigenvalue weighted by Crippen LogP contribution is -2.28. The Morgan fingerprint density at radius 1 is 0.729 bits per heavy atom. The zero-order valence-electron chi connectivity index (χ0n) is 26.2. The number of hydrogen-bond acceptors (Lipinski definition) is 10. The van der Waals surface area contributed by atoms with Gasteiger partial charge in [-0.05, 0) is 39.7 Å². The normalized spacial score (nSPS) is 12.4. The Bertz CT molecular complexity index is 1630. The first-order chi connectivity index (χ1) is 23.0. The zero-order valence-corrected chi connectivity index (χ0v) is 27.8. The molecule has 0 aliphatic rings. The first-order valence-electron chi connectivity index (χ1n) is 14.9. The third kappa shape index (κ3) is 9.33. The minimum atomic E-state index is -1.10. The summed E-state index contributed by atoms with van der Waals surface area (Å²) in [6.45, 7) is 0.688. The van der Waals surface area contributed by atoms with Crippen molar-refractivity contribution in [3.8, 4) is 45.4 Å². The number of aliphatic carboxylic acids is 2. The van der Waals surface area contributed by atoms with E-state index in [1.807, 2.05) is 12.1 Å². The van der Waals surface area contributed by atoms with Crippen molar-refractivity contribution < 1.29 is 43.9 Å². The van der Waals surface area contributed by atoms with Crippen molar-refractivity contribution in [1.29, 1.82) is 0 Å². The first-order valence-corrected chi connectivity index (χ1v) is 15.7. The average Bonchev–Trinajstić information content (AvgIpc) is 3.05. The van der Waals surface area contributed by atoms with Gasteiger partial charge in [-0.25, -0.2) is 14.4 Å². The maximum atomic E-state index is 16.2. The highest BCUT2D eigenvalue weighted by Gasteiger charge is 2.19. The van der Waals surface area contributed by atoms with Gasteiger partial charge in [0.25, 0.3) is 0 Å². The van der Waals surface area contributed by atoms with E-state index in [1.165, 1.54) is 14.2 Å². The SMILES string of the molecule is COc1nc(-c2cccc(-c3cccc(-c4ccc(CNC[C@@H](O)CC(=O)O)c(OC)n4)c3Br)c2F)ccc1CNC[C@@H](O)CC(=O)O. The number of ether oxygens (including phenoxy) is 2. The molecule has 48 heavy (non-hydrogen) atoms. The molecule has 0 amide bonds. The number of carboxylic acid groups (broad SMARTS) is 2. The highest BCUT2D eigenvalue weighted by Crippen LogP contribution is 2.40. The lowest BCUT2D eigenvalue weighted by molar-refractivity contribution is -0.140. The van der Waals surface area contributed by atoms with Gasteiger partial charge in [-0.2, -0.15) is 0 Å². The second-order valence-corrected chi connectivity index (χ2v) is 11.6. The smallest absolute Gasteiger partial charge is 0.306 e. The van der Waals surface area contributed by atoms with E-state index in [-0.39, 0.29) is 43.9 Å². The topological polar surface area (TPSA) is 183 Å². The number of aromatic nitrogens is 2. The van der Waals surface area contributed by atoms with Crippen molar-refractivity contribution in [3.05, 3.63) is 82.1 Å². The Morgan fingerprint density at radius 2 is 1.17 bits per heavy atom. The molecule has 4 aromatic rings. The number of rotatable bonds is 17. The van der Waals surface area contributed by atoms with Gasteiger partial charge in [-0.15, -0.1) is 0 Å². The van der Waals surface area contributed by atoms with Crippen LogP contribution in [0.5, 0.6) is 11.8 Å². The highest BCUT2D eigenvalue weighted by molar-refractivity contribution is 9.10. The quantitative estimate of drug-likeness (QED) is 0.0911. The molecule has 0 fully saturated rings. The summed E-state index contributed by atoms with van der Waals surface area (Å²) in [6, 6.07) is 17.5. The summed E-state index contributed by atoms with van der Waals surface area (Å²) in [4.78, 5) is 30.7. The molecule has 0 bridgehead atoms. The van der Waals surface area contributed by atoms with Crippen LogP contribution in [0.1, 0.15) is 24.0 Å². The van der Waals surface area contributed by atoms with Crippen LogP contribution in [0, 0.1) is 5.82 Å². The van der Waals surface area contributed by atoms with Crippen molar-refractivity contribution >= 4 is 27.9 Å². The van der Waals surface area contributed by atoms with Gasteiger partial charge in [0.15, 0.2) is 0 Å². The summed E-state index contributed by atoms with van der Waals surface area (Å²) >= 11 is 3.66. The lowest BCUT2D eigenvalue weighted by atomic mass is 9.97. The average molecular weight is 728 g/mol. The predicted molar refractivity (Wildman–Crippen MR) is 179 cm³/mol. The molecule has 14 heteroatoms. The molecular formula is C34H36BrFN4O8. The number of halogens is 2. The van der Waals surface area contributed by atoms with Crippen LogP contribution in [0.3, 0.4) is 0 Å². The second kappa shape index (κ2) is 17.1. The molecule has 2 aromatic heterocycles. The largest absolute Gasteiger partial charge is 0.481 e. The summed E-state index contributed by atoms with van der Waals surface area (Å²) in [5.74, 6) is -2.08. The summed E-state index contributed by atoms with van der Waals surface area (Å²) in [6.07, 6.45) is -2.82. The lowest BCUT2D eigenvalue weighted by Gasteiger charge is -2.15. The molecule has 2 heterocycles. The number of methoxy groups -OCH3 is 2. The minimum Gasteiger partial charge on any atom is -0.481 e. The summed E-state index contributed by atoms with van der Waals surface area (Å²) < 4.78 is 27.8. The fourth-order valence-electron chi connectivity index (χ4n) is 5.03. The zero-order chi connectivity index (χ0) is 34.8. The predicted octanol–water partition coefficient (Wildman–Crippen LogP) is 4.25. The molecule has 12 nitrogen and oxygen atoms in total. The van der Waals surface area contributed by atoms with E-state index in [1.54, 1.807) is 48.5 Å². The van der Waals surface area contributed by atoms with Gasteiger partial charge in [-0.1, -0.05) is 42.5 Å². The number of carboxylic acids is 2. The van der Waals surface area contributed by atoms with E-state index in [0.717, 1.165) is 0 Å². The van der Waals surface area contributed by atoms with Gasteiger partial charge in [0.2, 0.25) is 11.8 Å². The molecule has 0 radical (unpaired) electrons. The van der Waals surface area contributed by atoms with Crippen LogP contribution < -0.4 is 20.1 Å². The van der Waals surface area contributed by atoms with Crippen LogP contribution >= 0.6 is 15.9 Å². The summed E-state index contributed by atoms with van der Waals surface area (Å²) in [5, 5.41) is 43.3. The van der Waals surface area contributed by atoms with E-state index in [2.05, 4.69) is 36.5 Å². The van der Waals surface area contributed by atoms with Crippen LogP contribution in [0.2, 0.25) is 0 Å². The number of aliphatic hydroxyl groups is 2. The Labute approximate surface area is 284 Å². The van der Waals surface area contributed by atoms with E-state index in [0.29, 0.717) is 56.1 Å². The van der Waals surface area contributed by atoms with Crippen LogP contribution in [-0.4, -0.2) is 81.8 Å². The molecule has 2 aromatic carbocycles. The van der Waals surface area contributed by atoms with Crippen molar-refractivity contribution in [2.45, 2.75) is 38.1 Å². The van der Waals surface area contributed by atoms with Gasteiger partial charge in [-0.3, -0.25) is 9.59 Å². The summed E-state index contributed by atoms with van der Waals surface area (Å²) in [5.41, 5.74) is 4.12. The molecule has 0 saturated heterocycles. The fourth-order valence-corrected chi connectivity index (χ4v) is 5.71. The van der Waals surface area contributed by atoms with Crippen LogP contribution in [0.15, 0.2) is 65.1 Å². The monoisotopic (exact) mass is 726 g/mol. The molecule has 0 saturated carbocycles. The van der Waals surface area contributed by atoms with E-state index >= 15 is 4.39 Å². The highest BCUT2D eigenvalue weighted by atomic mass is 79.9. The number of benzene rings is 2. The number of carbonyl (C=O) groups is 2. The van der Waals surface area contributed by atoms with Gasteiger partial charge in [0.1, 0.15) is 5.82 Å². The van der Waals surface area contributed by atoms with E-state index < -0.39 is 30.0 Å². The Balaban J connectivity index is 1.57. The van der Waals surface area contributed by atoms with Gasteiger partial charge in [0.05, 0.1) is 50.7 Å². The number of nitrogens with one attached hydrogen (secondary N) is 2. The number of pyridine rings is 2. The first kappa shape index (κ1) is 36.4. The van der Waals surface area contributed by atoms with E-state index in [4.69, 9.17) is 19.7 Å². The molecule has 0 aliphatic heterocycles. The maximum absolute atomic E-state index is 16.2. The molecule has 0 aliphatic carbocycles. The molecule has 6 N–H and O–H groups in total. The number of nitrogens with zero attached hydrogens (tertiary/aromatic N) is 2. The molecule has 0 spiro atoms. The molecular weight excluding hydrogens is 691 g/mol. The van der Waals surface area contributed by atoms with Gasteiger partial charge < -0.3 is 40.5 Å². The minimum absolute atomic E-state index is 0.0622. The third-order valence-electron chi connectivity index (χ3n) is 7.32. The number of hydrogen-bond donors (Lipinski definition) is 6. The maximum Gasteiger partial charge on any atom is 0.306 e. The van der Waals surface area contributed by atoms with E-state index in [9.17, 15) is 19.8 Å². The number of aliphatic hydroxyl groups excluding tert-OH is 2. The molecule has 254 valence electrons.